The predicted octanol–water partition coefficient (Wildman–Crippen LogP) is 3.16. The summed E-state index contributed by atoms with van der Waals surface area (Å²) in [5.41, 5.74) is 7.77. The van der Waals surface area contributed by atoms with E-state index in [4.69, 9.17) is 10.8 Å². The summed E-state index contributed by atoms with van der Waals surface area (Å²) in [6.07, 6.45) is 9.96. The Kier molecular flexibility index (Phi) is 3.42. The number of nitrogens with two attached hydrogens (primary N) is 1. The molecule has 0 radical (unpaired) electrons. The molecule has 2 aliphatic carbocycles. The van der Waals surface area contributed by atoms with Gasteiger partial charge >= 0.3 is 0 Å². The molecule has 2 bridgehead atoms. The van der Waals surface area contributed by atoms with Crippen molar-refractivity contribution < 1.29 is 0 Å². The molecule has 2 fully saturated rings. The van der Waals surface area contributed by atoms with Gasteiger partial charge in [-0.05, 0) is 68.9 Å². The van der Waals surface area contributed by atoms with E-state index in [1.54, 1.807) is 0 Å². The van der Waals surface area contributed by atoms with Gasteiger partial charge in [0.15, 0.2) is 0 Å². The summed E-state index contributed by atoms with van der Waals surface area (Å²) in [6.45, 7) is 5.28. The van der Waals surface area contributed by atoms with Crippen molar-refractivity contribution in [2.45, 2.75) is 58.4 Å². The second-order valence-corrected chi connectivity index (χ2v) is 6.87. The minimum atomic E-state index is 0.359. The quantitative estimate of drug-likeness (QED) is 0.884. The standard InChI is InChI=1S/C16H27N3/c1-3-12(2)19-7-6-15(18-19)10-16(11-17)9-13-4-5-14(16)8-13/h6-7,12-14H,3-5,8-11,17H2,1-2H3. The summed E-state index contributed by atoms with van der Waals surface area (Å²) in [5.74, 6) is 1.81. The number of fused-ring (bicyclic) bond motifs is 2. The number of hydrogen-bond donors (Lipinski definition) is 1. The summed E-state index contributed by atoms with van der Waals surface area (Å²) in [4.78, 5) is 0. The van der Waals surface area contributed by atoms with Gasteiger partial charge in [-0.3, -0.25) is 4.68 Å². The predicted molar refractivity (Wildman–Crippen MR) is 77.9 cm³/mol. The van der Waals surface area contributed by atoms with Crippen LogP contribution >= 0.6 is 0 Å². The number of hydrogen-bond acceptors (Lipinski definition) is 2. The number of rotatable bonds is 5. The topological polar surface area (TPSA) is 43.8 Å². The van der Waals surface area contributed by atoms with Crippen molar-refractivity contribution in [3.8, 4) is 0 Å². The summed E-state index contributed by atoms with van der Waals surface area (Å²) < 4.78 is 2.12. The lowest BCUT2D eigenvalue weighted by atomic mass is 9.70. The van der Waals surface area contributed by atoms with Gasteiger partial charge in [-0.1, -0.05) is 13.3 Å². The lowest BCUT2D eigenvalue weighted by Gasteiger charge is -2.36. The molecule has 1 aromatic rings. The van der Waals surface area contributed by atoms with Crippen molar-refractivity contribution in [2.75, 3.05) is 6.54 Å². The van der Waals surface area contributed by atoms with Gasteiger partial charge in [-0.15, -0.1) is 0 Å². The molecule has 0 aliphatic heterocycles. The highest BCUT2D eigenvalue weighted by Crippen LogP contribution is 2.56. The van der Waals surface area contributed by atoms with E-state index in [0.29, 0.717) is 11.5 Å². The molecule has 3 heteroatoms. The van der Waals surface area contributed by atoms with Crippen molar-refractivity contribution in [1.82, 2.24) is 9.78 Å². The summed E-state index contributed by atoms with van der Waals surface area (Å²) in [7, 11) is 0. The van der Waals surface area contributed by atoms with Crippen LogP contribution in [0.3, 0.4) is 0 Å². The Morgan fingerprint density at radius 3 is 2.95 bits per heavy atom. The highest BCUT2D eigenvalue weighted by Gasteiger charge is 2.50. The molecule has 2 N–H and O–H groups in total. The largest absolute Gasteiger partial charge is 0.330 e. The molecule has 1 aromatic heterocycles. The van der Waals surface area contributed by atoms with Crippen molar-refractivity contribution in [3.63, 3.8) is 0 Å². The molecule has 0 spiro atoms. The molecule has 4 unspecified atom stereocenters. The third-order valence-electron chi connectivity index (χ3n) is 5.75. The molecule has 19 heavy (non-hydrogen) atoms. The Bertz CT molecular complexity index is 439. The van der Waals surface area contributed by atoms with Crippen molar-refractivity contribution in [3.05, 3.63) is 18.0 Å². The van der Waals surface area contributed by atoms with E-state index >= 15 is 0 Å². The third kappa shape index (κ3) is 2.22. The molecule has 106 valence electrons. The lowest BCUT2D eigenvalue weighted by Crippen LogP contribution is -2.38. The lowest BCUT2D eigenvalue weighted by molar-refractivity contribution is 0.169. The van der Waals surface area contributed by atoms with E-state index in [1.807, 2.05) is 0 Å². The van der Waals surface area contributed by atoms with E-state index in [-0.39, 0.29) is 0 Å². The maximum atomic E-state index is 6.16. The van der Waals surface area contributed by atoms with Crippen LogP contribution in [0.2, 0.25) is 0 Å². The smallest absolute Gasteiger partial charge is 0.0630 e. The molecule has 0 aromatic carbocycles. The van der Waals surface area contributed by atoms with Crippen molar-refractivity contribution in [1.29, 1.82) is 0 Å². The molecular weight excluding hydrogens is 234 g/mol. The zero-order valence-corrected chi connectivity index (χ0v) is 12.3. The van der Waals surface area contributed by atoms with Gasteiger partial charge in [0, 0.05) is 12.2 Å². The van der Waals surface area contributed by atoms with Crippen LogP contribution in [-0.4, -0.2) is 16.3 Å². The Labute approximate surface area is 116 Å². The van der Waals surface area contributed by atoms with Gasteiger partial charge in [0.05, 0.1) is 5.69 Å². The molecule has 3 rings (SSSR count). The molecule has 1 heterocycles. The van der Waals surface area contributed by atoms with E-state index in [9.17, 15) is 0 Å². The molecule has 2 aliphatic rings. The minimum absolute atomic E-state index is 0.359. The van der Waals surface area contributed by atoms with Crippen LogP contribution in [0.1, 0.15) is 57.7 Å². The van der Waals surface area contributed by atoms with Crippen molar-refractivity contribution in [2.24, 2.45) is 23.0 Å². The van der Waals surface area contributed by atoms with Gasteiger partial charge in [-0.2, -0.15) is 5.10 Å². The van der Waals surface area contributed by atoms with Crippen LogP contribution in [0.25, 0.3) is 0 Å². The summed E-state index contributed by atoms with van der Waals surface area (Å²) >= 11 is 0. The maximum absolute atomic E-state index is 6.16. The Morgan fingerprint density at radius 1 is 1.53 bits per heavy atom. The van der Waals surface area contributed by atoms with Crippen LogP contribution in [0, 0.1) is 17.3 Å². The van der Waals surface area contributed by atoms with Crippen LogP contribution in [-0.2, 0) is 6.42 Å². The van der Waals surface area contributed by atoms with E-state index in [0.717, 1.165) is 31.2 Å². The molecule has 2 saturated carbocycles. The first kappa shape index (κ1) is 13.2. The van der Waals surface area contributed by atoms with Gasteiger partial charge < -0.3 is 5.73 Å². The van der Waals surface area contributed by atoms with Crippen LogP contribution in [0.4, 0.5) is 0 Å². The average molecular weight is 261 g/mol. The van der Waals surface area contributed by atoms with Crippen molar-refractivity contribution >= 4 is 0 Å². The zero-order valence-electron chi connectivity index (χ0n) is 12.3. The van der Waals surface area contributed by atoms with Gasteiger partial charge in [0.2, 0.25) is 0 Å². The van der Waals surface area contributed by atoms with E-state index < -0.39 is 0 Å². The normalized spacial score (nSPS) is 34.9. The van der Waals surface area contributed by atoms with Gasteiger partial charge in [-0.25, -0.2) is 0 Å². The number of aromatic nitrogens is 2. The zero-order chi connectivity index (χ0) is 13.5. The second-order valence-electron chi connectivity index (χ2n) is 6.87. The highest BCUT2D eigenvalue weighted by molar-refractivity contribution is 5.10. The Morgan fingerprint density at radius 2 is 2.37 bits per heavy atom. The van der Waals surface area contributed by atoms with Crippen LogP contribution in [0.5, 0.6) is 0 Å². The molecule has 0 saturated heterocycles. The first-order chi connectivity index (χ1) is 9.16. The van der Waals surface area contributed by atoms with E-state index in [1.165, 1.54) is 31.4 Å². The fourth-order valence-electron chi connectivity index (χ4n) is 4.36. The molecule has 0 amide bonds. The summed E-state index contributed by atoms with van der Waals surface area (Å²) in [6, 6.07) is 2.71. The maximum Gasteiger partial charge on any atom is 0.0630 e. The van der Waals surface area contributed by atoms with Gasteiger partial charge in [0.25, 0.3) is 0 Å². The second kappa shape index (κ2) is 4.93. The number of nitrogens with zero attached hydrogens (tertiary/aromatic N) is 2. The van der Waals surface area contributed by atoms with Crippen LogP contribution < -0.4 is 5.73 Å². The van der Waals surface area contributed by atoms with Crippen LogP contribution in [0.15, 0.2) is 12.3 Å². The third-order valence-corrected chi connectivity index (χ3v) is 5.75. The minimum Gasteiger partial charge on any atom is -0.330 e. The average Bonchev–Trinajstić information content (AvgIpc) is 3.13. The molecule has 3 nitrogen and oxygen atoms in total. The Balaban J connectivity index is 1.75. The Hall–Kier alpha value is -0.830. The van der Waals surface area contributed by atoms with Gasteiger partial charge in [0.1, 0.15) is 0 Å². The first-order valence-corrected chi connectivity index (χ1v) is 7.91. The monoisotopic (exact) mass is 261 g/mol. The fraction of sp³-hybridized carbons (Fsp3) is 0.812. The highest BCUT2D eigenvalue weighted by atomic mass is 15.3. The first-order valence-electron chi connectivity index (χ1n) is 7.91. The molecular formula is C16H27N3. The molecule has 4 atom stereocenters. The van der Waals surface area contributed by atoms with E-state index in [2.05, 4.69) is 30.8 Å². The summed E-state index contributed by atoms with van der Waals surface area (Å²) in [5, 5.41) is 4.78. The fourth-order valence-corrected chi connectivity index (χ4v) is 4.36. The SMILES string of the molecule is CCC(C)n1ccc(CC2(CN)CC3CCC2C3)n1.